The van der Waals surface area contributed by atoms with Crippen LogP contribution in [0.1, 0.15) is 45.0 Å². The first-order chi connectivity index (χ1) is 13.5. The van der Waals surface area contributed by atoms with E-state index < -0.39 is 0 Å². The monoisotopic (exact) mass is 388 g/mol. The number of nitrogens with zero attached hydrogens (tertiary/aromatic N) is 2. The van der Waals surface area contributed by atoms with E-state index >= 15 is 0 Å². The number of rotatable bonds is 7. The summed E-state index contributed by atoms with van der Waals surface area (Å²) < 4.78 is 6.55. The molecule has 2 heterocycles. The second-order valence-corrected chi connectivity index (χ2v) is 7.70. The maximum absolute atomic E-state index is 13.3. The van der Waals surface area contributed by atoms with Gasteiger partial charge < -0.3 is 15.0 Å². The van der Waals surface area contributed by atoms with Crippen LogP contribution < -0.4 is 15.8 Å². The summed E-state index contributed by atoms with van der Waals surface area (Å²) in [5, 5.41) is 3.02. The van der Waals surface area contributed by atoms with E-state index in [4.69, 9.17) is 9.72 Å². The fraction of sp³-hybridized carbons (Fsp3) is 0.571. The van der Waals surface area contributed by atoms with Gasteiger partial charge in [0.25, 0.3) is 5.56 Å². The molecule has 0 radical (unpaired) electrons. The standard InChI is InChI=1S/C21H30N4O3/c1-4-18(24-13-11-22-15(2)14-24)20-23-17-9-6-5-8-16(17)21(27)25(20)12-7-10-19(26)28-3/h5-6,8-9,15,18,22H,4,7,10-14H2,1-3H3/p+2/t15-,18+/m1/s1. The third-order valence-corrected chi connectivity index (χ3v) is 5.71. The van der Waals surface area contributed by atoms with Gasteiger partial charge in [-0.25, -0.2) is 4.98 Å². The van der Waals surface area contributed by atoms with Crippen LogP contribution in [-0.2, 0) is 16.1 Å². The number of carbonyl (C=O) groups is 1. The highest BCUT2D eigenvalue weighted by Crippen LogP contribution is 2.16. The summed E-state index contributed by atoms with van der Waals surface area (Å²) in [5.74, 6) is 0.599. The van der Waals surface area contributed by atoms with Gasteiger partial charge in [0.2, 0.25) is 0 Å². The molecule has 0 spiro atoms. The van der Waals surface area contributed by atoms with E-state index in [1.165, 1.54) is 12.0 Å². The first-order valence-electron chi connectivity index (χ1n) is 10.3. The Morgan fingerprint density at radius 3 is 2.93 bits per heavy atom. The van der Waals surface area contributed by atoms with Crippen molar-refractivity contribution in [2.45, 2.75) is 51.7 Å². The molecule has 3 rings (SSSR count). The Kier molecular flexibility index (Phi) is 6.80. The van der Waals surface area contributed by atoms with Crippen molar-refractivity contribution in [3.63, 3.8) is 0 Å². The molecule has 3 N–H and O–H groups in total. The molecular formula is C21H32N4O3+2. The lowest BCUT2D eigenvalue weighted by molar-refractivity contribution is -0.981. The SMILES string of the molecule is CC[C@@H](c1nc2ccccc2c(=O)n1CCCC(=O)OC)[NH+]1CC[NH2+][C@H](C)C1. The van der Waals surface area contributed by atoms with Crippen LogP contribution in [0.4, 0.5) is 0 Å². The normalized spacial score (nSPS) is 20.8. The molecule has 152 valence electrons. The highest BCUT2D eigenvalue weighted by molar-refractivity contribution is 5.77. The van der Waals surface area contributed by atoms with Crippen molar-refractivity contribution < 1.29 is 19.7 Å². The van der Waals surface area contributed by atoms with E-state index in [9.17, 15) is 9.59 Å². The van der Waals surface area contributed by atoms with Crippen LogP contribution in [0.15, 0.2) is 29.1 Å². The molecule has 2 aromatic rings. The molecule has 1 aliphatic heterocycles. The van der Waals surface area contributed by atoms with E-state index in [0.29, 0.717) is 30.8 Å². The third kappa shape index (κ3) is 4.42. The Balaban J connectivity index is 2.01. The minimum Gasteiger partial charge on any atom is -0.469 e. The highest BCUT2D eigenvalue weighted by Gasteiger charge is 2.32. The number of fused-ring (bicyclic) bond motifs is 1. The summed E-state index contributed by atoms with van der Waals surface area (Å²) in [6.45, 7) is 8.11. The van der Waals surface area contributed by atoms with E-state index in [0.717, 1.165) is 37.4 Å². The Labute approximate surface area is 165 Å². The van der Waals surface area contributed by atoms with E-state index in [2.05, 4.69) is 19.2 Å². The van der Waals surface area contributed by atoms with Crippen LogP contribution in [0.25, 0.3) is 10.9 Å². The molecular weight excluding hydrogens is 356 g/mol. The van der Waals surface area contributed by atoms with Gasteiger partial charge in [0, 0.05) is 19.4 Å². The van der Waals surface area contributed by atoms with Crippen LogP contribution in [0, 0.1) is 0 Å². The number of hydrogen-bond donors (Lipinski definition) is 2. The molecule has 1 aliphatic rings. The molecule has 1 aromatic heterocycles. The van der Waals surface area contributed by atoms with E-state index in [1.807, 2.05) is 24.3 Å². The van der Waals surface area contributed by atoms with Crippen molar-refractivity contribution >= 4 is 16.9 Å². The van der Waals surface area contributed by atoms with E-state index in [1.54, 1.807) is 4.57 Å². The van der Waals surface area contributed by atoms with Crippen LogP contribution in [0.2, 0.25) is 0 Å². The topological polar surface area (TPSA) is 82.2 Å². The maximum atomic E-state index is 13.3. The number of quaternary nitrogens is 2. The Morgan fingerprint density at radius 1 is 1.43 bits per heavy atom. The van der Waals surface area contributed by atoms with Crippen molar-refractivity contribution in [1.29, 1.82) is 0 Å². The molecule has 1 saturated heterocycles. The lowest BCUT2D eigenvalue weighted by Gasteiger charge is -2.33. The fourth-order valence-electron chi connectivity index (χ4n) is 4.27. The minimum atomic E-state index is -0.249. The molecule has 1 fully saturated rings. The number of ether oxygens (including phenoxy) is 1. The van der Waals surface area contributed by atoms with Gasteiger partial charge in [0.05, 0.1) is 18.0 Å². The lowest BCUT2D eigenvalue weighted by atomic mass is 10.1. The Hall–Kier alpha value is -2.25. The average Bonchev–Trinajstić information content (AvgIpc) is 2.70. The largest absolute Gasteiger partial charge is 0.469 e. The molecule has 0 bridgehead atoms. The molecule has 0 saturated carbocycles. The number of para-hydroxylation sites is 1. The number of benzene rings is 1. The molecule has 7 heteroatoms. The number of methoxy groups -OCH3 is 1. The fourth-order valence-corrected chi connectivity index (χ4v) is 4.27. The maximum Gasteiger partial charge on any atom is 0.305 e. The molecule has 7 nitrogen and oxygen atoms in total. The number of nitrogens with one attached hydrogen (secondary N) is 1. The predicted octanol–water partition coefficient (Wildman–Crippen LogP) is -0.349. The van der Waals surface area contributed by atoms with Gasteiger partial charge >= 0.3 is 5.97 Å². The molecule has 3 atom stereocenters. The summed E-state index contributed by atoms with van der Waals surface area (Å²) in [6, 6.07) is 8.27. The average molecular weight is 389 g/mol. The van der Waals surface area contributed by atoms with Crippen molar-refractivity contribution in [2.24, 2.45) is 0 Å². The number of aromatic nitrogens is 2. The first-order valence-corrected chi connectivity index (χ1v) is 10.3. The van der Waals surface area contributed by atoms with Gasteiger partial charge in [0.1, 0.15) is 31.7 Å². The summed E-state index contributed by atoms with van der Waals surface area (Å²) in [7, 11) is 1.39. The predicted molar refractivity (Wildman–Crippen MR) is 107 cm³/mol. The Bertz CT molecular complexity index is 880. The second kappa shape index (κ2) is 9.30. The number of carbonyl (C=O) groups excluding carboxylic acids is 1. The number of esters is 1. The van der Waals surface area contributed by atoms with Crippen LogP contribution in [-0.4, -0.2) is 48.3 Å². The van der Waals surface area contributed by atoms with Crippen molar-refractivity contribution in [3.8, 4) is 0 Å². The smallest absolute Gasteiger partial charge is 0.305 e. The zero-order chi connectivity index (χ0) is 20.1. The van der Waals surface area contributed by atoms with Crippen LogP contribution in [0.3, 0.4) is 0 Å². The quantitative estimate of drug-likeness (QED) is 0.636. The van der Waals surface area contributed by atoms with Crippen molar-refractivity contribution in [2.75, 3.05) is 26.7 Å². The van der Waals surface area contributed by atoms with Gasteiger partial charge in [-0.3, -0.25) is 14.2 Å². The highest BCUT2D eigenvalue weighted by atomic mass is 16.5. The Morgan fingerprint density at radius 2 is 2.21 bits per heavy atom. The lowest BCUT2D eigenvalue weighted by Crippen LogP contribution is -3.22. The first kappa shape index (κ1) is 20.5. The molecule has 1 unspecified atom stereocenters. The third-order valence-electron chi connectivity index (χ3n) is 5.71. The summed E-state index contributed by atoms with van der Waals surface area (Å²) in [4.78, 5) is 31.2. The molecule has 0 amide bonds. The van der Waals surface area contributed by atoms with Crippen molar-refractivity contribution in [1.82, 2.24) is 9.55 Å². The molecule has 0 aliphatic carbocycles. The number of hydrogen-bond acceptors (Lipinski definition) is 4. The molecule has 28 heavy (non-hydrogen) atoms. The summed E-state index contributed by atoms with van der Waals surface area (Å²) in [6.07, 6.45) is 1.79. The zero-order valence-electron chi connectivity index (χ0n) is 17.1. The van der Waals surface area contributed by atoms with Gasteiger partial charge in [-0.05, 0) is 25.5 Å². The zero-order valence-corrected chi connectivity index (χ0v) is 17.1. The summed E-state index contributed by atoms with van der Waals surface area (Å²) >= 11 is 0. The number of piperazine rings is 1. The van der Waals surface area contributed by atoms with E-state index in [-0.39, 0.29) is 17.6 Å². The number of nitrogens with two attached hydrogens (primary N) is 1. The van der Waals surface area contributed by atoms with Crippen LogP contribution >= 0.6 is 0 Å². The van der Waals surface area contributed by atoms with Gasteiger partial charge in [0.15, 0.2) is 5.82 Å². The van der Waals surface area contributed by atoms with Gasteiger partial charge in [-0.1, -0.05) is 19.1 Å². The summed E-state index contributed by atoms with van der Waals surface area (Å²) in [5.41, 5.74) is 0.737. The van der Waals surface area contributed by atoms with Gasteiger partial charge in [-0.2, -0.15) is 0 Å². The van der Waals surface area contributed by atoms with Crippen molar-refractivity contribution in [3.05, 3.63) is 40.4 Å². The van der Waals surface area contributed by atoms with Crippen LogP contribution in [0.5, 0.6) is 0 Å². The molecule has 1 aromatic carbocycles. The minimum absolute atomic E-state index is 0.0139. The van der Waals surface area contributed by atoms with Gasteiger partial charge in [-0.15, -0.1) is 0 Å². The second-order valence-electron chi connectivity index (χ2n) is 7.70.